The van der Waals surface area contributed by atoms with Crippen molar-refractivity contribution in [2.24, 2.45) is 0 Å². The topological polar surface area (TPSA) is 9.23 Å². The van der Waals surface area contributed by atoms with Crippen molar-refractivity contribution >= 4 is 34.8 Å². The van der Waals surface area contributed by atoms with E-state index in [-0.39, 0.29) is 0 Å². The maximum atomic E-state index is 5.97. The van der Waals surface area contributed by atoms with E-state index in [1.54, 1.807) is 42.5 Å². The normalized spacial score (nSPS) is 10.2. The Morgan fingerprint density at radius 2 is 1.38 bits per heavy atom. The molecule has 0 N–H and O–H groups in total. The minimum absolute atomic E-state index is 0.513. The van der Waals surface area contributed by atoms with Crippen LogP contribution in [-0.4, -0.2) is 0 Å². The van der Waals surface area contributed by atoms with Crippen molar-refractivity contribution in [1.82, 2.24) is 0 Å². The van der Waals surface area contributed by atoms with Gasteiger partial charge in [-0.25, -0.2) is 0 Å². The lowest BCUT2D eigenvalue weighted by atomic mass is 10.3. The van der Waals surface area contributed by atoms with Gasteiger partial charge in [0.25, 0.3) is 0 Å². The van der Waals surface area contributed by atoms with E-state index in [1.165, 1.54) is 0 Å². The second kappa shape index (κ2) is 4.96. The molecule has 2 rings (SSSR count). The minimum Gasteiger partial charge on any atom is -0.456 e. The number of halogens is 3. The summed E-state index contributed by atoms with van der Waals surface area (Å²) in [6, 6.07) is 12.1. The molecule has 0 aromatic heterocycles. The number of hydrogen-bond acceptors (Lipinski definition) is 1. The highest BCUT2D eigenvalue weighted by molar-refractivity contribution is 6.34. The van der Waals surface area contributed by atoms with E-state index in [2.05, 4.69) is 0 Å². The molecule has 2 aromatic carbocycles. The first-order valence-corrected chi connectivity index (χ1v) is 5.67. The van der Waals surface area contributed by atoms with Gasteiger partial charge in [-0.05, 0) is 36.4 Å². The van der Waals surface area contributed by atoms with Crippen molar-refractivity contribution in [3.05, 3.63) is 57.5 Å². The molecule has 0 amide bonds. The number of rotatable bonds is 2. The molecule has 0 fully saturated rings. The van der Waals surface area contributed by atoms with Crippen LogP contribution in [0.15, 0.2) is 42.5 Å². The first-order valence-electron chi connectivity index (χ1n) is 4.53. The van der Waals surface area contributed by atoms with Crippen LogP contribution >= 0.6 is 34.8 Å². The van der Waals surface area contributed by atoms with Gasteiger partial charge in [-0.15, -0.1) is 0 Å². The molecule has 2 aromatic rings. The van der Waals surface area contributed by atoms with E-state index in [0.717, 1.165) is 0 Å². The van der Waals surface area contributed by atoms with Gasteiger partial charge < -0.3 is 4.74 Å². The molecule has 1 nitrogen and oxygen atoms in total. The third-order valence-electron chi connectivity index (χ3n) is 1.93. The summed E-state index contributed by atoms with van der Waals surface area (Å²) in [5, 5.41) is 1.75. The summed E-state index contributed by atoms with van der Waals surface area (Å²) in [5.41, 5.74) is 0. The summed E-state index contributed by atoms with van der Waals surface area (Å²) in [7, 11) is 0. The van der Waals surface area contributed by atoms with E-state index in [1.807, 2.05) is 0 Å². The van der Waals surface area contributed by atoms with E-state index in [0.29, 0.717) is 26.6 Å². The Hall–Kier alpha value is -0.890. The second-order valence-corrected chi connectivity index (χ2v) is 4.41. The highest BCUT2D eigenvalue weighted by Crippen LogP contribution is 2.32. The summed E-state index contributed by atoms with van der Waals surface area (Å²) in [5.74, 6) is 1.19. The van der Waals surface area contributed by atoms with Gasteiger partial charge in [-0.1, -0.05) is 34.8 Å². The van der Waals surface area contributed by atoms with Gasteiger partial charge in [0.05, 0.1) is 5.02 Å². The van der Waals surface area contributed by atoms with Crippen LogP contribution in [0.2, 0.25) is 15.1 Å². The summed E-state index contributed by atoms with van der Waals surface area (Å²) in [6.45, 7) is 0. The third-order valence-corrected chi connectivity index (χ3v) is 2.73. The SMILES string of the molecule is Clc1ccc(Oc2cc(Cl)ccc2Cl)cc1. The minimum atomic E-state index is 0.513. The molecular weight excluding hydrogens is 266 g/mol. The molecule has 0 bridgehead atoms. The molecule has 0 aliphatic heterocycles. The maximum absolute atomic E-state index is 5.97. The van der Waals surface area contributed by atoms with Gasteiger partial charge in [0.2, 0.25) is 0 Å². The van der Waals surface area contributed by atoms with Gasteiger partial charge in [0, 0.05) is 16.1 Å². The maximum Gasteiger partial charge on any atom is 0.147 e. The molecule has 0 unspecified atom stereocenters. The molecule has 0 aliphatic rings. The van der Waals surface area contributed by atoms with Crippen LogP contribution in [0.4, 0.5) is 0 Å². The number of benzene rings is 2. The summed E-state index contributed by atoms with van der Waals surface area (Å²) < 4.78 is 5.57. The second-order valence-electron chi connectivity index (χ2n) is 3.13. The number of hydrogen-bond donors (Lipinski definition) is 0. The van der Waals surface area contributed by atoms with E-state index in [4.69, 9.17) is 39.5 Å². The Labute approximate surface area is 109 Å². The van der Waals surface area contributed by atoms with E-state index >= 15 is 0 Å². The molecule has 0 aliphatic carbocycles. The largest absolute Gasteiger partial charge is 0.456 e. The average Bonchev–Trinajstić information content (AvgIpc) is 2.27. The summed E-state index contributed by atoms with van der Waals surface area (Å²) >= 11 is 17.6. The fourth-order valence-corrected chi connectivity index (χ4v) is 1.63. The van der Waals surface area contributed by atoms with Gasteiger partial charge in [-0.3, -0.25) is 0 Å². The molecule has 16 heavy (non-hydrogen) atoms. The molecule has 4 heteroatoms. The first-order chi connectivity index (χ1) is 7.65. The molecule has 0 radical (unpaired) electrons. The predicted molar refractivity (Wildman–Crippen MR) is 68.0 cm³/mol. The monoisotopic (exact) mass is 272 g/mol. The van der Waals surface area contributed by atoms with Crippen LogP contribution in [0, 0.1) is 0 Å². The highest BCUT2D eigenvalue weighted by Gasteiger charge is 2.03. The Balaban J connectivity index is 2.26. The quantitative estimate of drug-likeness (QED) is 0.708. The fourth-order valence-electron chi connectivity index (χ4n) is 1.19. The molecule has 0 saturated carbocycles. The van der Waals surface area contributed by atoms with Crippen molar-refractivity contribution in [3.8, 4) is 11.5 Å². The summed E-state index contributed by atoms with van der Waals surface area (Å²) in [4.78, 5) is 0. The lowest BCUT2D eigenvalue weighted by Crippen LogP contribution is -1.84. The smallest absolute Gasteiger partial charge is 0.147 e. The molecule has 82 valence electrons. The van der Waals surface area contributed by atoms with Gasteiger partial charge in [0.15, 0.2) is 0 Å². The summed E-state index contributed by atoms with van der Waals surface area (Å²) in [6.07, 6.45) is 0. The van der Waals surface area contributed by atoms with Crippen LogP contribution in [0.1, 0.15) is 0 Å². The van der Waals surface area contributed by atoms with Crippen LogP contribution in [0.3, 0.4) is 0 Å². The standard InChI is InChI=1S/C12H7Cl3O/c13-8-1-4-10(5-2-8)16-12-7-9(14)3-6-11(12)15/h1-7H. The third kappa shape index (κ3) is 2.82. The molecule has 0 saturated heterocycles. The molecule has 0 atom stereocenters. The molecule has 0 heterocycles. The van der Waals surface area contributed by atoms with Gasteiger partial charge >= 0.3 is 0 Å². The zero-order valence-electron chi connectivity index (χ0n) is 8.08. The Morgan fingerprint density at radius 3 is 2.06 bits per heavy atom. The zero-order chi connectivity index (χ0) is 11.5. The Bertz CT molecular complexity index is 494. The fraction of sp³-hybridized carbons (Fsp3) is 0. The van der Waals surface area contributed by atoms with Crippen molar-refractivity contribution < 1.29 is 4.74 Å². The number of ether oxygens (including phenoxy) is 1. The lowest BCUT2D eigenvalue weighted by molar-refractivity contribution is 0.483. The van der Waals surface area contributed by atoms with Crippen molar-refractivity contribution in [2.75, 3.05) is 0 Å². The van der Waals surface area contributed by atoms with Crippen molar-refractivity contribution in [1.29, 1.82) is 0 Å². The zero-order valence-corrected chi connectivity index (χ0v) is 10.4. The van der Waals surface area contributed by atoms with Gasteiger partial charge in [-0.2, -0.15) is 0 Å². The predicted octanol–water partition coefficient (Wildman–Crippen LogP) is 5.44. The van der Waals surface area contributed by atoms with Crippen LogP contribution in [0.5, 0.6) is 11.5 Å². The molecular formula is C12H7Cl3O. The van der Waals surface area contributed by atoms with Crippen molar-refractivity contribution in [2.45, 2.75) is 0 Å². The van der Waals surface area contributed by atoms with Crippen LogP contribution in [0.25, 0.3) is 0 Å². The first kappa shape index (κ1) is 11.6. The van der Waals surface area contributed by atoms with Crippen LogP contribution < -0.4 is 4.74 Å². The Morgan fingerprint density at radius 1 is 0.750 bits per heavy atom. The van der Waals surface area contributed by atoms with Gasteiger partial charge in [0.1, 0.15) is 11.5 Å². The lowest BCUT2D eigenvalue weighted by Gasteiger charge is -2.07. The highest BCUT2D eigenvalue weighted by atomic mass is 35.5. The van der Waals surface area contributed by atoms with Crippen molar-refractivity contribution in [3.63, 3.8) is 0 Å². The molecule has 0 spiro atoms. The average molecular weight is 274 g/mol. The Kier molecular flexibility index (Phi) is 3.59. The van der Waals surface area contributed by atoms with E-state index in [9.17, 15) is 0 Å². The van der Waals surface area contributed by atoms with E-state index < -0.39 is 0 Å². The van der Waals surface area contributed by atoms with Crippen LogP contribution in [-0.2, 0) is 0 Å².